The Morgan fingerprint density at radius 1 is 1.04 bits per heavy atom. The quantitative estimate of drug-likeness (QED) is 0.655. The molecule has 0 bridgehead atoms. The van der Waals surface area contributed by atoms with Crippen LogP contribution < -0.4 is 5.32 Å². The van der Waals surface area contributed by atoms with Crippen molar-refractivity contribution in [1.82, 2.24) is 9.78 Å². The molecule has 1 aromatic heterocycles. The predicted octanol–water partition coefficient (Wildman–Crippen LogP) is 5.56. The fourth-order valence-corrected chi connectivity index (χ4v) is 3.63. The number of nitrogens with zero attached hydrogens (tertiary/aromatic N) is 2. The van der Waals surface area contributed by atoms with Gasteiger partial charge in [0, 0.05) is 22.7 Å². The molecule has 3 nitrogen and oxygen atoms in total. The van der Waals surface area contributed by atoms with Crippen molar-refractivity contribution in [3.8, 4) is 16.9 Å². The summed E-state index contributed by atoms with van der Waals surface area (Å²) in [5.41, 5.74) is 6.93. The van der Waals surface area contributed by atoms with E-state index >= 15 is 0 Å². The van der Waals surface area contributed by atoms with E-state index in [1.165, 1.54) is 29.5 Å². The maximum absolute atomic E-state index is 6.37. The minimum Gasteiger partial charge on any atom is -0.370 e. The molecular weight excluding hydrogens is 330 g/mol. The standard InChI is InChI=1S/C21H22ClN3/c1-14-7-3-4-8-17(14)20-18-9-5-6-12-23-21(18)25(24-20)16-11-10-15(2)19(22)13-16/h3-4,7-8,10-11,13,23H,5-6,9,12H2,1-2H3. The Labute approximate surface area is 153 Å². The SMILES string of the molecule is Cc1ccc(-n2nc(-c3ccccc3C)c3c2NCCCC3)cc1Cl. The molecule has 0 spiro atoms. The van der Waals surface area contributed by atoms with Gasteiger partial charge in [0.15, 0.2) is 0 Å². The second-order valence-corrected chi connectivity index (χ2v) is 7.13. The van der Waals surface area contributed by atoms with E-state index in [0.717, 1.165) is 40.8 Å². The number of benzene rings is 2. The van der Waals surface area contributed by atoms with Gasteiger partial charge >= 0.3 is 0 Å². The predicted molar refractivity (Wildman–Crippen MR) is 105 cm³/mol. The number of aromatic nitrogens is 2. The minimum absolute atomic E-state index is 0.771. The number of aryl methyl sites for hydroxylation is 2. The zero-order valence-corrected chi connectivity index (χ0v) is 15.4. The third kappa shape index (κ3) is 2.93. The van der Waals surface area contributed by atoms with E-state index in [1.807, 2.05) is 17.7 Å². The van der Waals surface area contributed by atoms with Gasteiger partial charge < -0.3 is 5.32 Å². The molecule has 128 valence electrons. The van der Waals surface area contributed by atoms with Crippen LogP contribution in [0.25, 0.3) is 16.9 Å². The summed E-state index contributed by atoms with van der Waals surface area (Å²) in [6.07, 6.45) is 3.40. The summed E-state index contributed by atoms with van der Waals surface area (Å²) in [6, 6.07) is 14.6. The summed E-state index contributed by atoms with van der Waals surface area (Å²) < 4.78 is 2.02. The van der Waals surface area contributed by atoms with Gasteiger partial charge in [-0.15, -0.1) is 0 Å². The van der Waals surface area contributed by atoms with Crippen molar-refractivity contribution in [3.63, 3.8) is 0 Å². The van der Waals surface area contributed by atoms with Crippen molar-refractivity contribution < 1.29 is 0 Å². The van der Waals surface area contributed by atoms with Crippen LogP contribution in [0.2, 0.25) is 5.02 Å². The van der Waals surface area contributed by atoms with E-state index in [-0.39, 0.29) is 0 Å². The Hall–Kier alpha value is -2.26. The molecule has 0 radical (unpaired) electrons. The van der Waals surface area contributed by atoms with E-state index in [9.17, 15) is 0 Å². The summed E-state index contributed by atoms with van der Waals surface area (Å²) >= 11 is 6.37. The summed E-state index contributed by atoms with van der Waals surface area (Å²) in [6.45, 7) is 5.14. The van der Waals surface area contributed by atoms with Crippen LogP contribution in [0.5, 0.6) is 0 Å². The lowest BCUT2D eigenvalue weighted by atomic mass is 10.00. The van der Waals surface area contributed by atoms with Gasteiger partial charge in [0.05, 0.1) is 11.4 Å². The molecule has 0 saturated heterocycles. The van der Waals surface area contributed by atoms with Crippen LogP contribution in [0, 0.1) is 13.8 Å². The molecule has 3 aromatic rings. The normalized spacial score (nSPS) is 13.9. The van der Waals surface area contributed by atoms with E-state index in [0.29, 0.717) is 0 Å². The largest absolute Gasteiger partial charge is 0.370 e. The number of rotatable bonds is 2. The zero-order chi connectivity index (χ0) is 17.4. The van der Waals surface area contributed by atoms with Gasteiger partial charge in [0.25, 0.3) is 0 Å². The van der Waals surface area contributed by atoms with E-state index in [4.69, 9.17) is 16.7 Å². The summed E-state index contributed by atoms with van der Waals surface area (Å²) in [4.78, 5) is 0. The van der Waals surface area contributed by atoms with Crippen LogP contribution in [0.15, 0.2) is 42.5 Å². The molecule has 1 aliphatic heterocycles. The maximum Gasteiger partial charge on any atom is 0.133 e. The Morgan fingerprint density at radius 2 is 1.88 bits per heavy atom. The lowest BCUT2D eigenvalue weighted by Gasteiger charge is -2.10. The molecule has 0 aliphatic carbocycles. The smallest absolute Gasteiger partial charge is 0.133 e. The number of anilines is 1. The number of nitrogens with one attached hydrogen (secondary N) is 1. The average Bonchev–Trinajstić information content (AvgIpc) is 2.79. The molecule has 0 fully saturated rings. The van der Waals surface area contributed by atoms with Gasteiger partial charge in [-0.3, -0.25) is 0 Å². The molecule has 2 heterocycles. The fourth-order valence-electron chi connectivity index (χ4n) is 3.46. The topological polar surface area (TPSA) is 29.9 Å². The molecule has 4 heteroatoms. The van der Waals surface area contributed by atoms with Crippen LogP contribution in [0.4, 0.5) is 5.82 Å². The number of fused-ring (bicyclic) bond motifs is 1. The first kappa shape index (κ1) is 16.2. The van der Waals surface area contributed by atoms with Gasteiger partial charge in [-0.05, 0) is 56.4 Å². The highest BCUT2D eigenvalue weighted by Gasteiger charge is 2.22. The van der Waals surface area contributed by atoms with Gasteiger partial charge in [-0.1, -0.05) is 41.9 Å². The molecule has 0 amide bonds. The lowest BCUT2D eigenvalue weighted by Crippen LogP contribution is -2.07. The van der Waals surface area contributed by atoms with Crippen molar-refractivity contribution in [2.24, 2.45) is 0 Å². The van der Waals surface area contributed by atoms with Crippen molar-refractivity contribution in [2.75, 3.05) is 11.9 Å². The zero-order valence-electron chi connectivity index (χ0n) is 14.6. The molecule has 1 N–H and O–H groups in total. The molecular formula is C21H22ClN3. The van der Waals surface area contributed by atoms with Gasteiger partial charge in [-0.2, -0.15) is 5.10 Å². The van der Waals surface area contributed by atoms with Crippen LogP contribution >= 0.6 is 11.6 Å². The first-order chi connectivity index (χ1) is 12.1. The van der Waals surface area contributed by atoms with Crippen LogP contribution in [0.1, 0.15) is 29.5 Å². The average molecular weight is 352 g/mol. The van der Waals surface area contributed by atoms with Crippen molar-refractivity contribution in [1.29, 1.82) is 0 Å². The highest BCUT2D eigenvalue weighted by Crippen LogP contribution is 2.35. The summed E-state index contributed by atoms with van der Waals surface area (Å²) in [7, 11) is 0. The third-order valence-electron chi connectivity index (χ3n) is 4.93. The van der Waals surface area contributed by atoms with Crippen LogP contribution in [0.3, 0.4) is 0 Å². The molecule has 0 atom stereocenters. The van der Waals surface area contributed by atoms with Crippen LogP contribution in [-0.2, 0) is 6.42 Å². The lowest BCUT2D eigenvalue weighted by molar-refractivity contribution is 0.780. The molecule has 0 unspecified atom stereocenters. The highest BCUT2D eigenvalue weighted by molar-refractivity contribution is 6.31. The highest BCUT2D eigenvalue weighted by atomic mass is 35.5. The molecule has 4 rings (SSSR count). The van der Waals surface area contributed by atoms with Crippen molar-refractivity contribution >= 4 is 17.4 Å². The Kier molecular flexibility index (Phi) is 4.26. The van der Waals surface area contributed by atoms with Crippen LogP contribution in [-0.4, -0.2) is 16.3 Å². The molecule has 0 saturated carbocycles. The minimum atomic E-state index is 0.771. The van der Waals surface area contributed by atoms with Crippen molar-refractivity contribution in [2.45, 2.75) is 33.1 Å². The summed E-state index contributed by atoms with van der Waals surface area (Å²) in [5.74, 6) is 1.11. The van der Waals surface area contributed by atoms with E-state index in [1.54, 1.807) is 0 Å². The Bertz CT molecular complexity index is 927. The fraction of sp³-hybridized carbons (Fsp3) is 0.286. The second kappa shape index (κ2) is 6.57. The second-order valence-electron chi connectivity index (χ2n) is 6.72. The maximum atomic E-state index is 6.37. The van der Waals surface area contributed by atoms with Gasteiger partial charge in [-0.25, -0.2) is 4.68 Å². The third-order valence-corrected chi connectivity index (χ3v) is 5.34. The Morgan fingerprint density at radius 3 is 2.68 bits per heavy atom. The first-order valence-electron chi connectivity index (χ1n) is 8.83. The number of hydrogen-bond acceptors (Lipinski definition) is 2. The monoisotopic (exact) mass is 351 g/mol. The Balaban J connectivity index is 1.93. The molecule has 1 aliphatic rings. The van der Waals surface area contributed by atoms with Gasteiger partial charge in [0.2, 0.25) is 0 Å². The summed E-state index contributed by atoms with van der Waals surface area (Å²) in [5, 5.41) is 9.37. The number of halogens is 1. The van der Waals surface area contributed by atoms with E-state index < -0.39 is 0 Å². The number of hydrogen-bond donors (Lipinski definition) is 1. The van der Waals surface area contributed by atoms with E-state index in [2.05, 4.69) is 48.6 Å². The van der Waals surface area contributed by atoms with Crippen molar-refractivity contribution in [3.05, 3.63) is 64.2 Å². The molecule has 2 aromatic carbocycles. The molecule has 25 heavy (non-hydrogen) atoms. The van der Waals surface area contributed by atoms with Gasteiger partial charge in [0.1, 0.15) is 5.82 Å². The first-order valence-corrected chi connectivity index (χ1v) is 9.21.